The van der Waals surface area contributed by atoms with Gasteiger partial charge in [-0.15, -0.1) is 0 Å². The number of carbonyl (C=O) groups is 1. The van der Waals surface area contributed by atoms with Gasteiger partial charge in [0.25, 0.3) is 5.91 Å². The molecule has 1 fully saturated rings. The van der Waals surface area contributed by atoms with Gasteiger partial charge in [0.15, 0.2) is 0 Å². The molecule has 130 valence electrons. The van der Waals surface area contributed by atoms with Crippen LogP contribution in [0.3, 0.4) is 0 Å². The van der Waals surface area contributed by atoms with Crippen LogP contribution >= 0.6 is 0 Å². The summed E-state index contributed by atoms with van der Waals surface area (Å²) in [6.07, 6.45) is 2.73. The minimum Gasteiger partial charge on any atom is -0.346 e. The minimum atomic E-state index is -3.25. The van der Waals surface area contributed by atoms with E-state index in [1.807, 2.05) is 19.9 Å². The Morgan fingerprint density at radius 3 is 2.52 bits per heavy atom. The number of nitrogens with zero attached hydrogens (tertiary/aromatic N) is 2. The number of hydrogen-bond donors (Lipinski definition) is 1. The molecule has 1 saturated heterocycles. The van der Waals surface area contributed by atoms with Gasteiger partial charge in [0.1, 0.15) is 0 Å². The van der Waals surface area contributed by atoms with E-state index < -0.39 is 10.0 Å². The van der Waals surface area contributed by atoms with Crippen LogP contribution in [0, 0.1) is 13.8 Å². The van der Waals surface area contributed by atoms with Gasteiger partial charge >= 0.3 is 0 Å². The number of carbonyl (C=O) groups excluding carboxylic acids is 1. The fourth-order valence-electron chi connectivity index (χ4n) is 3.52. The van der Waals surface area contributed by atoms with Crippen LogP contribution in [0.25, 0.3) is 0 Å². The van der Waals surface area contributed by atoms with E-state index in [0.717, 1.165) is 36.0 Å². The number of hydrogen-bond acceptors (Lipinski definition) is 3. The van der Waals surface area contributed by atoms with E-state index in [2.05, 4.69) is 23.1 Å². The Labute approximate surface area is 138 Å². The average molecular weight is 341 g/mol. The normalized spacial score (nSPS) is 19.4. The number of aromatic nitrogens is 1. The van der Waals surface area contributed by atoms with Gasteiger partial charge in [-0.3, -0.25) is 4.79 Å². The molecule has 0 unspecified atom stereocenters. The van der Waals surface area contributed by atoms with E-state index in [4.69, 9.17) is 0 Å². The number of amides is 1. The van der Waals surface area contributed by atoms with E-state index in [0.29, 0.717) is 19.1 Å². The van der Waals surface area contributed by atoms with Crippen molar-refractivity contribution in [3.8, 4) is 0 Å². The first-order valence-electron chi connectivity index (χ1n) is 8.05. The van der Waals surface area contributed by atoms with Crippen molar-refractivity contribution >= 4 is 15.9 Å². The summed E-state index contributed by atoms with van der Waals surface area (Å²) in [6, 6.07) is 2.04. The molecular weight excluding hydrogens is 314 g/mol. The van der Waals surface area contributed by atoms with Crippen LogP contribution < -0.4 is 4.72 Å². The highest BCUT2D eigenvalue weighted by Gasteiger charge is 2.28. The summed E-state index contributed by atoms with van der Waals surface area (Å²) >= 11 is 0. The van der Waals surface area contributed by atoms with Crippen molar-refractivity contribution in [2.45, 2.75) is 52.6 Å². The third-order valence-corrected chi connectivity index (χ3v) is 5.08. The largest absolute Gasteiger partial charge is 0.346 e. The zero-order chi connectivity index (χ0) is 17.4. The summed E-state index contributed by atoms with van der Waals surface area (Å²) in [6.45, 7) is 9.27. The van der Waals surface area contributed by atoms with Crippen LogP contribution in [0.1, 0.15) is 54.5 Å². The molecule has 23 heavy (non-hydrogen) atoms. The molecule has 1 amide bonds. The van der Waals surface area contributed by atoms with Gasteiger partial charge in [0.05, 0.1) is 11.8 Å². The maximum atomic E-state index is 12.9. The number of nitrogens with one attached hydrogen (secondary N) is 1. The Kier molecular flexibility index (Phi) is 5.20. The van der Waals surface area contributed by atoms with Crippen molar-refractivity contribution in [3.05, 3.63) is 23.0 Å². The van der Waals surface area contributed by atoms with Gasteiger partial charge in [0.2, 0.25) is 10.0 Å². The molecule has 1 aromatic rings. The molecular formula is C16H27N3O3S. The molecule has 6 nitrogen and oxygen atoms in total. The number of piperidine rings is 1. The second-order valence-electron chi connectivity index (χ2n) is 6.73. The zero-order valence-corrected chi connectivity index (χ0v) is 15.4. The third kappa shape index (κ3) is 4.14. The van der Waals surface area contributed by atoms with Crippen molar-refractivity contribution in [2.24, 2.45) is 0 Å². The van der Waals surface area contributed by atoms with Crippen molar-refractivity contribution in [3.63, 3.8) is 0 Å². The van der Waals surface area contributed by atoms with Gasteiger partial charge < -0.3 is 9.47 Å². The van der Waals surface area contributed by atoms with Crippen LogP contribution in [0.5, 0.6) is 0 Å². The Morgan fingerprint density at radius 2 is 2.00 bits per heavy atom. The van der Waals surface area contributed by atoms with Crippen molar-refractivity contribution in [1.29, 1.82) is 0 Å². The molecule has 7 heteroatoms. The summed E-state index contributed by atoms with van der Waals surface area (Å²) < 4.78 is 27.6. The molecule has 1 N–H and O–H groups in total. The van der Waals surface area contributed by atoms with E-state index in [1.54, 1.807) is 4.90 Å². The van der Waals surface area contributed by atoms with Crippen LogP contribution in [0.4, 0.5) is 0 Å². The molecule has 0 saturated carbocycles. The molecule has 1 atom stereocenters. The summed E-state index contributed by atoms with van der Waals surface area (Å²) in [4.78, 5) is 14.6. The summed E-state index contributed by atoms with van der Waals surface area (Å²) in [5.74, 6) is -0.00926. The lowest BCUT2D eigenvalue weighted by atomic mass is 10.1. The summed E-state index contributed by atoms with van der Waals surface area (Å²) in [5, 5.41) is 0. The number of sulfonamides is 1. The predicted octanol–water partition coefficient (Wildman–Crippen LogP) is 1.84. The Balaban J connectivity index is 2.19. The number of aryl methyl sites for hydroxylation is 1. The third-order valence-electron chi connectivity index (χ3n) is 4.32. The molecule has 2 heterocycles. The molecule has 1 aromatic heterocycles. The molecule has 0 radical (unpaired) electrons. The SMILES string of the molecule is Cc1cc(C(=O)N2CCC[C@H](NS(C)(=O)=O)C2)c(C)n1C(C)C. The second-order valence-corrected chi connectivity index (χ2v) is 8.51. The Bertz CT molecular complexity index is 692. The Hall–Kier alpha value is -1.34. The Morgan fingerprint density at radius 1 is 1.35 bits per heavy atom. The number of likely N-dealkylation sites (tertiary alicyclic amines) is 1. The highest BCUT2D eigenvalue weighted by molar-refractivity contribution is 7.88. The van der Waals surface area contributed by atoms with Crippen molar-refractivity contribution in [1.82, 2.24) is 14.2 Å². The van der Waals surface area contributed by atoms with E-state index in [1.165, 1.54) is 0 Å². The molecule has 0 spiro atoms. The molecule has 2 rings (SSSR count). The molecule has 0 aromatic carbocycles. The fraction of sp³-hybridized carbons (Fsp3) is 0.688. The minimum absolute atomic E-state index is 0.00926. The van der Waals surface area contributed by atoms with Gasteiger partial charge in [0, 0.05) is 36.6 Å². The highest BCUT2D eigenvalue weighted by Crippen LogP contribution is 2.23. The van der Waals surface area contributed by atoms with Crippen molar-refractivity contribution < 1.29 is 13.2 Å². The first-order chi connectivity index (χ1) is 10.6. The fourth-order valence-corrected chi connectivity index (χ4v) is 4.32. The lowest BCUT2D eigenvalue weighted by molar-refractivity contribution is 0.0702. The smallest absolute Gasteiger partial charge is 0.255 e. The van der Waals surface area contributed by atoms with E-state index in [-0.39, 0.29) is 11.9 Å². The van der Waals surface area contributed by atoms with E-state index in [9.17, 15) is 13.2 Å². The van der Waals surface area contributed by atoms with Crippen LogP contribution in [-0.2, 0) is 10.0 Å². The number of rotatable bonds is 4. The highest BCUT2D eigenvalue weighted by atomic mass is 32.2. The molecule has 1 aliphatic rings. The lowest BCUT2D eigenvalue weighted by Gasteiger charge is -2.32. The first kappa shape index (κ1) is 18.0. The lowest BCUT2D eigenvalue weighted by Crippen LogP contribution is -2.49. The van der Waals surface area contributed by atoms with Gasteiger partial charge in [-0.25, -0.2) is 13.1 Å². The van der Waals surface area contributed by atoms with Crippen LogP contribution in [0.2, 0.25) is 0 Å². The van der Waals surface area contributed by atoms with Gasteiger partial charge in [-0.1, -0.05) is 0 Å². The average Bonchev–Trinajstić information content (AvgIpc) is 2.71. The molecule has 0 bridgehead atoms. The maximum Gasteiger partial charge on any atom is 0.255 e. The standard InChI is InChI=1S/C16H27N3O3S/c1-11(2)19-12(3)9-15(13(19)4)16(20)18-8-6-7-14(10-18)17-23(5,21)22/h9,11,14,17H,6-8,10H2,1-5H3/t14-/m0/s1. The van der Waals surface area contributed by atoms with E-state index >= 15 is 0 Å². The molecule has 0 aliphatic carbocycles. The van der Waals surface area contributed by atoms with Gasteiger partial charge in [-0.2, -0.15) is 0 Å². The van der Waals surface area contributed by atoms with Crippen LogP contribution in [-0.4, -0.2) is 49.2 Å². The van der Waals surface area contributed by atoms with Crippen LogP contribution in [0.15, 0.2) is 6.07 Å². The van der Waals surface area contributed by atoms with Crippen molar-refractivity contribution in [2.75, 3.05) is 19.3 Å². The summed E-state index contributed by atoms with van der Waals surface area (Å²) in [7, 11) is -3.25. The molecule has 1 aliphatic heterocycles. The summed E-state index contributed by atoms with van der Waals surface area (Å²) in [5.41, 5.74) is 2.76. The monoisotopic (exact) mass is 341 g/mol. The first-order valence-corrected chi connectivity index (χ1v) is 9.94. The maximum absolute atomic E-state index is 12.9. The second kappa shape index (κ2) is 6.65. The quantitative estimate of drug-likeness (QED) is 0.908. The predicted molar refractivity (Wildman–Crippen MR) is 91.2 cm³/mol. The zero-order valence-electron chi connectivity index (χ0n) is 14.6. The topological polar surface area (TPSA) is 71.4 Å². The van der Waals surface area contributed by atoms with Gasteiger partial charge in [-0.05, 0) is 46.6 Å².